The van der Waals surface area contributed by atoms with Gasteiger partial charge in [-0.3, -0.25) is 4.90 Å². The summed E-state index contributed by atoms with van der Waals surface area (Å²) >= 11 is 0. The van der Waals surface area contributed by atoms with Crippen LogP contribution in [0.1, 0.15) is 39.7 Å². The van der Waals surface area contributed by atoms with Gasteiger partial charge >= 0.3 is 18.0 Å². The molecule has 0 spiro atoms. The topological polar surface area (TPSA) is 124 Å². The van der Waals surface area contributed by atoms with Gasteiger partial charge in [0.2, 0.25) is 0 Å². The number of alkyl carbamates (subject to hydrolysis) is 1. The lowest BCUT2D eigenvalue weighted by atomic mass is 9.90. The molecule has 1 amide bonds. The number of benzene rings is 1. The van der Waals surface area contributed by atoms with Crippen LogP contribution >= 0.6 is 0 Å². The maximum Gasteiger partial charge on any atom is 0.407 e. The van der Waals surface area contributed by atoms with Crippen molar-refractivity contribution in [3.8, 4) is 0 Å². The molecule has 0 radical (unpaired) electrons. The average molecular weight is 507 g/mol. The van der Waals surface area contributed by atoms with Crippen LogP contribution in [0.5, 0.6) is 0 Å². The molecule has 0 unspecified atom stereocenters. The van der Waals surface area contributed by atoms with E-state index < -0.39 is 41.5 Å². The molecular formula is C26H38N2O8. The Bertz CT molecular complexity index is 880. The molecule has 1 aromatic rings. The highest BCUT2D eigenvalue weighted by Gasteiger charge is 2.53. The van der Waals surface area contributed by atoms with E-state index in [9.17, 15) is 19.5 Å². The summed E-state index contributed by atoms with van der Waals surface area (Å²) in [5.41, 5.74) is -2.33. The van der Waals surface area contributed by atoms with Crippen molar-refractivity contribution in [2.45, 2.75) is 64.0 Å². The first-order chi connectivity index (χ1) is 17.0. The van der Waals surface area contributed by atoms with Crippen molar-refractivity contribution in [2.24, 2.45) is 0 Å². The van der Waals surface area contributed by atoms with Crippen molar-refractivity contribution in [1.82, 2.24) is 10.2 Å². The molecule has 2 rings (SSSR count). The standard InChI is InChI=1S/C26H38N2O8/c1-6-14-34-23(31)26(22(29)30,35-19(2)28-12-15-33-16-13-28)18-21(17-20-10-8-7-9-11-20)27-24(32)36-25(3,4)5/h6-11,19,21H,1,12-18H2,2-5H3,(H,27,32)(H,29,30)/t19-,21-,26-/m0/s1. The van der Waals surface area contributed by atoms with Gasteiger partial charge in [-0.25, -0.2) is 14.4 Å². The minimum Gasteiger partial charge on any atom is -0.479 e. The van der Waals surface area contributed by atoms with E-state index in [1.54, 1.807) is 27.7 Å². The molecular weight excluding hydrogens is 468 g/mol. The summed E-state index contributed by atoms with van der Waals surface area (Å²) in [6, 6.07) is 8.38. The van der Waals surface area contributed by atoms with Crippen LogP contribution < -0.4 is 5.32 Å². The molecule has 36 heavy (non-hydrogen) atoms. The molecule has 0 bridgehead atoms. The van der Waals surface area contributed by atoms with Crippen LogP contribution in [-0.2, 0) is 35.0 Å². The molecule has 1 aromatic carbocycles. The molecule has 0 aliphatic carbocycles. The quantitative estimate of drug-likeness (QED) is 0.250. The number of carboxylic acid groups (broad SMARTS) is 1. The van der Waals surface area contributed by atoms with E-state index in [0.29, 0.717) is 26.3 Å². The first kappa shape index (κ1) is 29.3. The number of carbonyl (C=O) groups is 3. The van der Waals surface area contributed by atoms with Crippen LogP contribution in [0.4, 0.5) is 4.79 Å². The van der Waals surface area contributed by atoms with E-state index in [4.69, 9.17) is 18.9 Å². The number of amides is 1. The third-order valence-corrected chi connectivity index (χ3v) is 5.52. The number of hydrogen-bond acceptors (Lipinski definition) is 8. The Morgan fingerprint density at radius 2 is 1.83 bits per heavy atom. The first-order valence-electron chi connectivity index (χ1n) is 12.0. The van der Waals surface area contributed by atoms with Gasteiger partial charge in [0.05, 0.1) is 13.2 Å². The lowest BCUT2D eigenvalue weighted by molar-refractivity contribution is -0.211. The van der Waals surface area contributed by atoms with Crippen LogP contribution in [0.25, 0.3) is 0 Å². The fourth-order valence-electron chi connectivity index (χ4n) is 3.86. The number of rotatable bonds is 12. The molecule has 10 nitrogen and oxygen atoms in total. The third kappa shape index (κ3) is 8.92. The van der Waals surface area contributed by atoms with E-state index in [2.05, 4.69) is 11.9 Å². The number of aliphatic carboxylic acids is 1. The van der Waals surface area contributed by atoms with Crippen LogP contribution in [0.3, 0.4) is 0 Å². The van der Waals surface area contributed by atoms with E-state index >= 15 is 0 Å². The van der Waals surface area contributed by atoms with Crippen LogP contribution in [0, 0.1) is 0 Å². The fraction of sp³-hybridized carbons (Fsp3) is 0.577. The van der Waals surface area contributed by atoms with Crippen molar-refractivity contribution in [3.05, 3.63) is 48.6 Å². The predicted molar refractivity (Wildman–Crippen MR) is 132 cm³/mol. The molecule has 1 heterocycles. The van der Waals surface area contributed by atoms with Gasteiger partial charge in [-0.05, 0) is 39.7 Å². The number of nitrogens with zero attached hydrogens (tertiary/aromatic N) is 1. The number of ether oxygens (including phenoxy) is 4. The van der Waals surface area contributed by atoms with Gasteiger partial charge in [-0.15, -0.1) is 0 Å². The summed E-state index contributed by atoms with van der Waals surface area (Å²) < 4.78 is 22.0. The molecule has 1 aliphatic rings. The molecule has 0 aromatic heterocycles. The maximum atomic E-state index is 13.2. The lowest BCUT2D eigenvalue weighted by Crippen LogP contribution is -2.59. The van der Waals surface area contributed by atoms with Crippen molar-refractivity contribution < 1.29 is 38.4 Å². The Morgan fingerprint density at radius 3 is 2.39 bits per heavy atom. The lowest BCUT2D eigenvalue weighted by Gasteiger charge is -2.38. The number of esters is 1. The van der Waals surface area contributed by atoms with Crippen molar-refractivity contribution in [1.29, 1.82) is 0 Å². The summed E-state index contributed by atoms with van der Waals surface area (Å²) in [6.45, 7) is 12.1. The zero-order valence-corrected chi connectivity index (χ0v) is 21.5. The monoisotopic (exact) mass is 506 g/mol. The number of carbonyl (C=O) groups excluding carboxylic acids is 2. The summed E-state index contributed by atoms with van der Waals surface area (Å²) in [5.74, 6) is -2.58. The Kier molecular flexibility index (Phi) is 10.9. The second-order valence-electron chi connectivity index (χ2n) is 9.62. The predicted octanol–water partition coefficient (Wildman–Crippen LogP) is 2.76. The van der Waals surface area contributed by atoms with Crippen molar-refractivity contribution >= 4 is 18.0 Å². The van der Waals surface area contributed by atoms with Crippen molar-refractivity contribution in [2.75, 3.05) is 32.9 Å². The van der Waals surface area contributed by atoms with Crippen LogP contribution in [-0.4, -0.2) is 84.4 Å². The SMILES string of the molecule is C=CCOC(=O)[C@@](C[C@H](Cc1ccccc1)NC(=O)OC(C)(C)C)(O[C@@H](C)N1CCOCC1)C(=O)O. The molecule has 0 saturated carbocycles. The van der Waals surface area contributed by atoms with E-state index in [1.165, 1.54) is 6.08 Å². The van der Waals surface area contributed by atoms with Crippen LogP contribution in [0.15, 0.2) is 43.0 Å². The van der Waals surface area contributed by atoms with Gasteiger partial charge in [-0.2, -0.15) is 0 Å². The number of carboxylic acids is 1. The van der Waals surface area contributed by atoms with E-state index in [1.807, 2.05) is 35.2 Å². The fourth-order valence-corrected chi connectivity index (χ4v) is 3.86. The molecule has 1 fully saturated rings. The Hall–Kier alpha value is -2.95. The van der Waals surface area contributed by atoms with Gasteiger partial charge in [0.1, 0.15) is 18.4 Å². The van der Waals surface area contributed by atoms with Gasteiger partial charge in [0.15, 0.2) is 0 Å². The number of nitrogens with one attached hydrogen (secondary N) is 1. The summed E-state index contributed by atoms with van der Waals surface area (Å²) in [7, 11) is 0. The number of morpholine rings is 1. The molecule has 10 heteroatoms. The highest BCUT2D eigenvalue weighted by Crippen LogP contribution is 2.27. The van der Waals surface area contributed by atoms with Crippen LogP contribution in [0.2, 0.25) is 0 Å². The van der Waals surface area contributed by atoms with Gasteiger partial charge in [-0.1, -0.05) is 43.0 Å². The van der Waals surface area contributed by atoms with Gasteiger partial charge in [0.25, 0.3) is 5.60 Å². The highest BCUT2D eigenvalue weighted by molar-refractivity contribution is 6.03. The summed E-state index contributed by atoms with van der Waals surface area (Å²) in [5, 5.41) is 13.1. The molecule has 1 aliphatic heterocycles. The Balaban J connectivity index is 2.40. The Labute approximate surface area is 212 Å². The van der Waals surface area contributed by atoms with Gasteiger partial charge in [0, 0.05) is 25.6 Å². The zero-order chi connectivity index (χ0) is 26.8. The minimum atomic E-state index is -2.39. The maximum absolute atomic E-state index is 13.2. The molecule has 1 saturated heterocycles. The summed E-state index contributed by atoms with van der Waals surface area (Å²) in [4.78, 5) is 40.5. The molecule has 2 N–H and O–H groups in total. The van der Waals surface area contributed by atoms with Gasteiger partial charge < -0.3 is 29.4 Å². The van der Waals surface area contributed by atoms with E-state index in [-0.39, 0.29) is 19.4 Å². The molecule has 3 atom stereocenters. The first-order valence-corrected chi connectivity index (χ1v) is 12.0. The average Bonchev–Trinajstić information content (AvgIpc) is 2.81. The van der Waals surface area contributed by atoms with Crippen molar-refractivity contribution in [3.63, 3.8) is 0 Å². The summed E-state index contributed by atoms with van der Waals surface area (Å²) in [6.07, 6.45) is -0.278. The highest BCUT2D eigenvalue weighted by atomic mass is 16.6. The second kappa shape index (κ2) is 13.4. The second-order valence-corrected chi connectivity index (χ2v) is 9.62. The minimum absolute atomic E-state index is 0.188. The normalized spacial score (nSPS) is 17.8. The zero-order valence-electron chi connectivity index (χ0n) is 21.5. The number of hydrogen-bond donors (Lipinski definition) is 2. The molecule has 200 valence electrons. The third-order valence-electron chi connectivity index (χ3n) is 5.52. The Morgan fingerprint density at radius 1 is 1.19 bits per heavy atom. The smallest absolute Gasteiger partial charge is 0.407 e. The van der Waals surface area contributed by atoms with E-state index in [0.717, 1.165) is 5.56 Å². The largest absolute Gasteiger partial charge is 0.479 e.